The van der Waals surface area contributed by atoms with Crippen molar-refractivity contribution < 1.29 is 5.11 Å². The molecule has 0 aliphatic rings. The molecule has 5 heteroatoms. The largest absolute Gasteiger partial charge is 0.386 e. The Kier molecular flexibility index (Phi) is 4.55. The van der Waals surface area contributed by atoms with Crippen molar-refractivity contribution in [3.8, 4) is 0 Å². The predicted octanol–water partition coefficient (Wildman–Crippen LogP) is 3.33. The van der Waals surface area contributed by atoms with Gasteiger partial charge in [0.1, 0.15) is 0 Å². The number of aliphatic imine (C=N–C) groups is 1. The lowest BCUT2D eigenvalue weighted by Gasteiger charge is -2.09. The summed E-state index contributed by atoms with van der Waals surface area (Å²) in [5.74, 6) is 0. The van der Waals surface area contributed by atoms with Crippen LogP contribution in [0, 0.1) is 0 Å². The van der Waals surface area contributed by atoms with Crippen molar-refractivity contribution in [2.24, 2.45) is 4.99 Å². The summed E-state index contributed by atoms with van der Waals surface area (Å²) in [6, 6.07) is 16.4. The summed E-state index contributed by atoms with van der Waals surface area (Å²) in [5.41, 5.74) is 1.65. The lowest BCUT2D eigenvalue weighted by molar-refractivity contribution is 0.187. The number of rotatable bonds is 4. The van der Waals surface area contributed by atoms with Crippen LogP contribution in [0.15, 0.2) is 64.4 Å². The fourth-order valence-electron chi connectivity index (χ4n) is 2.35. The van der Waals surface area contributed by atoms with Crippen LogP contribution in [0.25, 0.3) is 10.9 Å². The van der Waals surface area contributed by atoms with Gasteiger partial charge in [0.15, 0.2) is 0 Å². The van der Waals surface area contributed by atoms with Gasteiger partial charge in [-0.05, 0) is 23.6 Å². The minimum Gasteiger partial charge on any atom is -0.386 e. The number of para-hydroxylation sites is 1. The molecule has 0 bridgehead atoms. The van der Waals surface area contributed by atoms with Crippen LogP contribution in [-0.2, 0) is 0 Å². The number of pyridine rings is 1. The van der Waals surface area contributed by atoms with Crippen LogP contribution < -0.4 is 5.56 Å². The van der Waals surface area contributed by atoms with Crippen LogP contribution in [0.3, 0.4) is 0 Å². The Morgan fingerprint density at radius 3 is 2.74 bits per heavy atom. The van der Waals surface area contributed by atoms with Gasteiger partial charge in [0.2, 0.25) is 0 Å². The van der Waals surface area contributed by atoms with E-state index in [9.17, 15) is 9.90 Å². The molecule has 0 fully saturated rings. The highest BCUT2D eigenvalue weighted by molar-refractivity contribution is 6.31. The second-order valence-electron chi connectivity index (χ2n) is 5.17. The van der Waals surface area contributed by atoms with Gasteiger partial charge in [-0.15, -0.1) is 0 Å². The quantitative estimate of drug-likeness (QED) is 0.722. The fraction of sp³-hybridized carbons (Fsp3) is 0.111. The van der Waals surface area contributed by atoms with E-state index in [1.54, 1.807) is 24.3 Å². The van der Waals surface area contributed by atoms with Crippen LogP contribution >= 0.6 is 11.6 Å². The van der Waals surface area contributed by atoms with E-state index in [0.717, 1.165) is 10.9 Å². The van der Waals surface area contributed by atoms with Crippen molar-refractivity contribution in [2.75, 3.05) is 6.54 Å². The van der Waals surface area contributed by atoms with Crippen LogP contribution in [-0.4, -0.2) is 22.8 Å². The van der Waals surface area contributed by atoms with E-state index >= 15 is 0 Å². The summed E-state index contributed by atoms with van der Waals surface area (Å²) in [6.07, 6.45) is 0.671. The second-order valence-corrected chi connectivity index (χ2v) is 5.58. The number of hydrogen-bond donors (Lipinski definition) is 2. The van der Waals surface area contributed by atoms with Gasteiger partial charge in [-0.25, -0.2) is 0 Å². The maximum absolute atomic E-state index is 12.0. The molecule has 1 atom stereocenters. The molecule has 4 nitrogen and oxygen atoms in total. The predicted molar refractivity (Wildman–Crippen MR) is 93.4 cm³/mol. The van der Waals surface area contributed by atoms with E-state index in [2.05, 4.69) is 9.98 Å². The molecule has 116 valence electrons. The minimum absolute atomic E-state index is 0.135. The molecule has 1 unspecified atom stereocenters. The molecule has 3 rings (SSSR count). The number of nitrogens with one attached hydrogen (secondary N) is 1. The summed E-state index contributed by atoms with van der Waals surface area (Å²) in [6.45, 7) is 0.135. The molecular weight excluding hydrogens is 312 g/mol. The van der Waals surface area contributed by atoms with Gasteiger partial charge < -0.3 is 10.1 Å². The lowest BCUT2D eigenvalue weighted by atomic mass is 10.1. The fourth-order valence-corrected chi connectivity index (χ4v) is 2.62. The highest BCUT2D eigenvalue weighted by Gasteiger charge is 2.09. The molecule has 0 saturated heterocycles. The highest BCUT2D eigenvalue weighted by Crippen LogP contribution is 2.22. The molecule has 0 aliphatic carbocycles. The summed E-state index contributed by atoms with van der Waals surface area (Å²) in [5, 5.41) is 11.6. The first kappa shape index (κ1) is 15.5. The van der Waals surface area contributed by atoms with Crippen molar-refractivity contribution >= 4 is 28.7 Å². The van der Waals surface area contributed by atoms with E-state index in [1.165, 1.54) is 6.21 Å². The van der Waals surface area contributed by atoms with Crippen molar-refractivity contribution in [1.82, 2.24) is 4.98 Å². The average Bonchev–Trinajstić information content (AvgIpc) is 2.55. The van der Waals surface area contributed by atoms with Crippen LogP contribution in [0.2, 0.25) is 5.02 Å². The molecule has 0 radical (unpaired) electrons. The molecule has 0 aliphatic heterocycles. The third-order valence-corrected chi connectivity index (χ3v) is 3.90. The van der Waals surface area contributed by atoms with E-state index in [-0.39, 0.29) is 12.1 Å². The number of aromatic nitrogens is 1. The highest BCUT2D eigenvalue weighted by atomic mass is 35.5. The summed E-state index contributed by atoms with van der Waals surface area (Å²) in [7, 11) is 0. The van der Waals surface area contributed by atoms with Gasteiger partial charge in [-0.3, -0.25) is 9.79 Å². The summed E-state index contributed by atoms with van der Waals surface area (Å²) >= 11 is 6.04. The van der Waals surface area contributed by atoms with E-state index in [1.807, 2.05) is 30.3 Å². The summed E-state index contributed by atoms with van der Waals surface area (Å²) in [4.78, 5) is 19.0. The smallest absolute Gasteiger partial charge is 0.257 e. The molecule has 1 heterocycles. The zero-order valence-corrected chi connectivity index (χ0v) is 13.0. The first-order chi connectivity index (χ1) is 11.1. The number of fused-ring (bicyclic) bond motifs is 1. The first-order valence-electron chi connectivity index (χ1n) is 7.19. The lowest BCUT2D eigenvalue weighted by Crippen LogP contribution is -2.12. The van der Waals surface area contributed by atoms with Crippen molar-refractivity contribution in [1.29, 1.82) is 0 Å². The number of aliphatic hydroxyl groups excluding tert-OH is 1. The third kappa shape index (κ3) is 3.50. The SMILES string of the molecule is O=c1[nH]c2ccccc2cc1C=NCC(O)c1ccccc1Cl. The minimum atomic E-state index is -0.806. The van der Waals surface area contributed by atoms with Gasteiger partial charge >= 0.3 is 0 Å². The molecule has 3 aromatic rings. The Balaban J connectivity index is 1.79. The van der Waals surface area contributed by atoms with Gasteiger partial charge in [0.05, 0.1) is 18.2 Å². The molecule has 2 N–H and O–H groups in total. The Bertz CT molecular complexity index is 918. The second kappa shape index (κ2) is 6.77. The van der Waals surface area contributed by atoms with Gasteiger partial charge in [-0.2, -0.15) is 0 Å². The van der Waals surface area contributed by atoms with Crippen molar-refractivity contribution in [2.45, 2.75) is 6.10 Å². The van der Waals surface area contributed by atoms with Crippen LogP contribution in [0.1, 0.15) is 17.2 Å². The number of benzene rings is 2. The topological polar surface area (TPSA) is 65.5 Å². The number of aromatic amines is 1. The normalized spacial score (nSPS) is 12.8. The Labute approximate surface area is 138 Å². The van der Waals surface area contributed by atoms with E-state index in [0.29, 0.717) is 16.1 Å². The number of nitrogens with zero attached hydrogens (tertiary/aromatic N) is 1. The molecule has 0 amide bonds. The van der Waals surface area contributed by atoms with Crippen LogP contribution in [0.4, 0.5) is 0 Å². The molecule has 2 aromatic carbocycles. The monoisotopic (exact) mass is 326 g/mol. The van der Waals surface area contributed by atoms with Gasteiger partial charge in [0, 0.05) is 22.3 Å². The standard InChI is InChI=1S/C18H15ClN2O2/c19-15-7-3-2-6-14(15)17(22)11-20-10-13-9-12-5-1-4-8-16(12)21-18(13)23/h1-10,17,22H,11H2,(H,21,23). The first-order valence-corrected chi connectivity index (χ1v) is 7.57. The third-order valence-electron chi connectivity index (χ3n) is 3.56. The Morgan fingerprint density at radius 2 is 1.91 bits per heavy atom. The molecular formula is C18H15ClN2O2. The van der Waals surface area contributed by atoms with E-state index < -0.39 is 6.10 Å². The summed E-state index contributed by atoms with van der Waals surface area (Å²) < 4.78 is 0. The Morgan fingerprint density at radius 1 is 1.17 bits per heavy atom. The van der Waals surface area contributed by atoms with E-state index in [4.69, 9.17) is 11.6 Å². The number of halogens is 1. The molecule has 0 saturated carbocycles. The maximum Gasteiger partial charge on any atom is 0.257 e. The number of H-pyrrole nitrogens is 1. The zero-order chi connectivity index (χ0) is 16.2. The van der Waals surface area contributed by atoms with Crippen LogP contribution in [0.5, 0.6) is 0 Å². The average molecular weight is 327 g/mol. The van der Waals surface area contributed by atoms with Gasteiger partial charge in [-0.1, -0.05) is 48.0 Å². The van der Waals surface area contributed by atoms with Gasteiger partial charge in [0.25, 0.3) is 5.56 Å². The Hall–Kier alpha value is -2.43. The number of aliphatic hydroxyl groups is 1. The maximum atomic E-state index is 12.0. The molecule has 1 aromatic heterocycles. The molecule has 0 spiro atoms. The molecule has 23 heavy (non-hydrogen) atoms. The zero-order valence-electron chi connectivity index (χ0n) is 12.2. The van der Waals surface area contributed by atoms with Crippen molar-refractivity contribution in [3.05, 3.63) is 81.1 Å². The number of hydrogen-bond acceptors (Lipinski definition) is 3. The van der Waals surface area contributed by atoms with Crippen molar-refractivity contribution in [3.63, 3.8) is 0 Å².